The third-order valence-electron chi connectivity index (χ3n) is 11.6. The molecule has 0 radical (unpaired) electrons. The Bertz CT molecular complexity index is 880. The van der Waals surface area contributed by atoms with Gasteiger partial charge in [-0.05, 0) is 83.7 Å². The zero-order valence-corrected chi connectivity index (χ0v) is 22.4. The van der Waals surface area contributed by atoms with Gasteiger partial charge in [0.15, 0.2) is 0 Å². The van der Waals surface area contributed by atoms with Crippen molar-refractivity contribution in [2.24, 2.45) is 39.4 Å². The van der Waals surface area contributed by atoms with Crippen LogP contribution in [0.4, 0.5) is 0 Å². The van der Waals surface area contributed by atoms with E-state index in [9.17, 15) is 20.1 Å². The summed E-state index contributed by atoms with van der Waals surface area (Å²) in [5, 5.41) is 29.1. The van der Waals surface area contributed by atoms with E-state index in [1.54, 1.807) is 11.1 Å². The van der Waals surface area contributed by atoms with Crippen molar-refractivity contribution in [2.45, 2.75) is 105 Å². The van der Waals surface area contributed by atoms with Gasteiger partial charge in [-0.2, -0.15) is 0 Å². The van der Waals surface area contributed by atoms with Crippen LogP contribution in [-0.2, 0) is 4.79 Å². The number of allylic oxidation sites excluding steroid dienone is 4. The predicted octanol–water partition coefficient (Wildman–Crippen LogP) is 5.60. The Morgan fingerprint density at radius 3 is 2.38 bits per heavy atom. The first-order chi connectivity index (χ1) is 15.8. The summed E-state index contributed by atoms with van der Waals surface area (Å²) in [5.41, 5.74) is 1.97. The average Bonchev–Trinajstić information content (AvgIpc) is 3.08. The maximum Gasteiger partial charge on any atom is 0.138 e. The van der Waals surface area contributed by atoms with Crippen LogP contribution in [0.2, 0.25) is 0 Å². The van der Waals surface area contributed by atoms with Crippen molar-refractivity contribution in [3.63, 3.8) is 0 Å². The summed E-state index contributed by atoms with van der Waals surface area (Å²) >= 11 is 0. The molecule has 192 valence electrons. The summed E-state index contributed by atoms with van der Waals surface area (Å²) < 4.78 is 0. The summed E-state index contributed by atoms with van der Waals surface area (Å²) in [7, 11) is 0. The van der Waals surface area contributed by atoms with Crippen LogP contribution in [0.25, 0.3) is 0 Å². The second-order valence-corrected chi connectivity index (χ2v) is 13.6. The SMILES string of the molecule is C[C@H](CCCC(O)(CO)CO)[C@H]1CC[C@@]2(C)C3=CC[C@H]4C(C)(C)C(=O)CC[C@]4(C)C3=CC[C@]12C. The van der Waals surface area contributed by atoms with Crippen molar-refractivity contribution >= 4 is 5.78 Å². The van der Waals surface area contributed by atoms with Crippen LogP contribution >= 0.6 is 0 Å². The van der Waals surface area contributed by atoms with E-state index >= 15 is 0 Å². The van der Waals surface area contributed by atoms with E-state index in [4.69, 9.17) is 0 Å². The fourth-order valence-corrected chi connectivity index (χ4v) is 8.92. The highest BCUT2D eigenvalue weighted by Crippen LogP contribution is 2.71. The lowest BCUT2D eigenvalue weighted by molar-refractivity contribution is -0.138. The van der Waals surface area contributed by atoms with Crippen LogP contribution in [0.1, 0.15) is 99.3 Å². The molecule has 3 N–H and O–H groups in total. The molecule has 4 heteroatoms. The number of aliphatic hydroxyl groups excluding tert-OH is 2. The standard InChI is InChI=1S/C30H48O4/c1-20(8-7-14-30(34,18-31)19-32)21-11-16-29(6)23-9-10-24-26(2,3)25(33)13-15-27(24,4)22(23)12-17-28(21,29)5/h9,12,20-21,24,31-32,34H,7-8,10-11,13-19H2,1-6H3/t20-,21-,24+,27-,28-,29+/m1/s1. The molecule has 0 spiro atoms. The van der Waals surface area contributed by atoms with E-state index in [-0.39, 0.29) is 34.9 Å². The Hall–Kier alpha value is -0.970. The number of carbonyl (C=O) groups excluding carboxylic acids is 1. The maximum absolute atomic E-state index is 12.8. The van der Waals surface area contributed by atoms with Gasteiger partial charge < -0.3 is 15.3 Å². The Labute approximate surface area is 206 Å². The zero-order valence-electron chi connectivity index (χ0n) is 22.4. The highest BCUT2D eigenvalue weighted by atomic mass is 16.4. The molecule has 4 nitrogen and oxygen atoms in total. The minimum atomic E-state index is -1.36. The molecule has 0 aromatic carbocycles. The number of aliphatic hydroxyl groups is 3. The lowest BCUT2D eigenvalue weighted by atomic mass is 9.44. The van der Waals surface area contributed by atoms with Crippen molar-refractivity contribution in [1.29, 1.82) is 0 Å². The number of hydrogen-bond acceptors (Lipinski definition) is 4. The summed E-state index contributed by atoms with van der Waals surface area (Å²) in [5.74, 6) is 1.96. The van der Waals surface area contributed by atoms with Crippen LogP contribution in [-0.4, -0.2) is 39.9 Å². The molecule has 0 saturated heterocycles. The fraction of sp³-hybridized carbons (Fsp3) is 0.833. The van der Waals surface area contributed by atoms with E-state index in [1.165, 1.54) is 12.8 Å². The molecule has 0 amide bonds. The van der Waals surface area contributed by atoms with E-state index in [0.717, 1.165) is 32.1 Å². The third kappa shape index (κ3) is 3.61. The molecular formula is C30H48O4. The maximum atomic E-state index is 12.8. The van der Waals surface area contributed by atoms with Gasteiger partial charge in [-0.15, -0.1) is 0 Å². The average molecular weight is 473 g/mol. The Morgan fingerprint density at radius 1 is 1.06 bits per heavy atom. The highest BCUT2D eigenvalue weighted by Gasteiger charge is 2.63. The fourth-order valence-electron chi connectivity index (χ4n) is 8.92. The molecule has 34 heavy (non-hydrogen) atoms. The lowest BCUT2D eigenvalue weighted by Crippen LogP contribution is -2.53. The van der Waals surface area contributed by atoms with Gasteiger partial charge >= 0.3 is 0 Å². The van der Waals surface area contributed by atoms with Crippen LogP contribution in [0, 0.1) is 39.4 Å². The molecule has 0 bridgehead atoms. The summed E-state index contributed by atoms with van der Waals surface area (Å²) in [6.07, 6.45) is 13.6. The highest BCUT2D eigenvalue weighted by molar-refractivity contribution is 5.86. The molecule has 4 aliphatic rings. The molecular weight excluding hydrogens is 424 g/mol. The normalized spacial score (nSPS) is 40.1. The number of carbonyl (C=O) groups is 1. The van der Waals surface area contributed by atoms with Gasteiger partial charge in [-0.1, -0.05) is 66.5 Å². The number of ketones is 1. The Kier molecular flexibility index (Phi) is 6.57. The Balaban J connectivity index is 1.57. The van der Waals surface area contributed by atoms with E-state index in [0.29, 0.717) is 36.4 Å². The first-order valence-electron chi connectivity index (χ1n) is 13.7. The van der Waals surface area contributed by atoms with Crippen LogP contribution < -0.4 is 0 Å². The number of fused-ring (bicyclic) bond motifs is 5. The van der Waals surface area contributed by atoms with Crippen molar-refractivity contribution in [2.75, 3.05) is 13.2 Å². The smallest absolute Gasteiger partial charge is 0.138 e. The van der Waals surface area contributed by atoms with E-state index < -0.39 is 5.60 Å². The van der Waals surface area contributed by atoms with E-state index in [2.05, 4.69) is 53.7 Å². The minimum absolute atomic E-state index is 0.0918. The zero-order chi connectivity index (χ0) is 25.2. The van der Waals surface area contributed by atoms with Gasteiger partial charge in [0.05, 0.1) is 13.2 Å². The largest absolute Gasteiger partial charge is 0.393 e. The van der Waals surface area contributed by atoms with Crippen LogP contribution in [0.15, 0.2) is 23.3 Å². The Morgan fingerprint density at radius 2 is 1.74 bits per heavy atom. The topological polar surface area (TPSA) is 77.8 Å². The van der Waals surface area contributed by atoms with Crippen molar-refractivity contribution in [3.05, 3.63) is 23.3 Å². The first-order valence-corrected chi connectivity index (χ1v) is 13.7. The number of hydrogen-bond donors (Lipinski definition) is 3. The van der Waals surface area contributed by atoms with Gasteiger partial charge in [-0.25, -0.2) is 0 Å². The van der Waals surface area contributed by atoms with Crippen LogP contribution in [0.5, 0.6) is 0 Å². The lowest BCUT2D eigenvalue weighted by Gasteiger charge is -2.59. The van der Waals surface area contributed by atoms with E-state index in [1.807, 2.05) is 0 Å². The third-order valence-corrected chi connectivity index (χ3v) is 11.6. The van der Waals surface area contributed by atoms with Gasteiger partial charge in [0.1, 0.15) is 11.4 Å². The van der Waals surface area contributed by atoms with Crippen molar-refractivity contribution < 1.29 is 20.1 Å². The molecule has 4 aliphatic carbocycles. The molecule has 2 fully saturated rings. The van der Waals surface area contributed by atoms with Gasteiger partial charge in [0.2, 0.25) is 0 Å². The number of Topliss-reactive ketones (excluding diaryl/α,β-unsaturated/α-hetero) is 1. The second kappa shape index (κ2) is 8.56. The molecule has 6 atom stereocenters. The minimum Gasteiger partial charge on any atom is -0.393 e. The second-order valence-electron chi connectivity index (χ2n) is 13.6. The molecule has 0 unspecified atom stereocenters. The molecule has 4 rings (SSSR count). The molecule has 0 aliphatic heterocycles. The summed E-state index contributed by atoms with van der Waals surface area (Å²) in [6, 6.07) is 0. The summed E-state index contributed by atoms with van der Waals surface area (Å²) in [4.78, 5) is 12.8. The van der Waals surface area contributed by atoms with Gasteiger partial charge in [-0.3, -0.25) is 4.79 Å². The molecule has 0 aromatic rings. The first kappa shape index (κ1) is 26.1. The molecule has 2 saturated carbocycles. The van der Waals surface area contributed by atoms with Crippen molar-refractivity contribution in [1.82, 2.24) is 0 Å². The van der Waals surface area contributed by atoms with Gasteiger partial charge in [0.25, 0.3) is 0 Å². The molecule has 0 aromatic heterocycles. The van der Waals surface area contributed by atoms with Crippen LogP contribution in [0.3, 0.4) is 0 Å². The predicted molar refractivity (Wildman–Crippen MR) is 136 cm³/mol. The summed E-state index contributed by atoms with van der Waals surface area (Å²) in [6.45, 7) is 13.4. The molecule has 0 heterocycles. The number of rotatable bonds is 7. The van der Waals surface area contributed by atoms with Crippen molar-refractivity contribution in [3.8, 4) is 0 Å². The quantitative estimate of drug-likeness (QED) is 0.450. The van der Waals surface area contributed by atoms with Gasteiger partial charge in [0, 0.05) is 11.8 Å². The monoisotopic (exact) mass is 472 g/mol.